The van der Waals surface area contributed by atoms with Crippen molar-refractivity contribution in [2.45, 2.75) is 13.3 Å². The summed E-state index contributed by atoms with van der Waals surface area (Å²) < 4.78 is 1.04. The van der Waals surface area contributed by atoms with E-state index in [-0.39, 0.29) is 0 Å². The average molecular weight is 252 g/mol. The van der Waals surface area contributed by atoms with Crippen molar-refractivity contribution in [3.8, 4) is 11.4 Å². The fourth-order valence-corrected chi connectivity index (χ4v) is 1.61. The summed E-state index contributed by atoms with van der Waals surface area (Å²) >= 11 is 3.42. The first-order valence-electron chi connectivity index (χ1n) is 4.47. The average Bonchev–Trinajstić information content (AvgIpc) is 2.66. The molecule has 0 aliphatic heterocycles. The maximum atomic E-state index is 4.35. The van der Waals surface area contributed by atoms with E-state index in [4.69, 9.17) is 0 Å². The normalized spacial score (nSPS) is 10.4. The monoisotopic (exact) mass is 251 g/mol. The van der Waals surface area contributed by atoms with Gasteiger partial charge >= 0.3 is 0 Å². The smallest absolute Gasteiger partial charge is 0.181 e. The van der Waals surface area contributed by atoms with Gasteiger partial charge < -0.3 is 0 Å². The molecule has 72 valence electrons. The van der Waals surface area contributed by atoms with Crippen LogP contribution < -0.4 is 0 Å². The minimum absolute atomic E-state index is 0.753. The van der Waals surface area contributed by atoms with Crippen molar-refractivity contribution in [1.29, 1.82) is 0 Å². The predicted octanol–water partition coefficient (Wildman–Crippen LogP) is 2.80. The van der Waals surface area contributed by atoms with E-state index in [2.05, 4.69) is 31.1 Å². The Morgan fingerprint density at radius 2 is 2.29 bits per heavy atom. The Labute approximate surface area is 90.7 Å². The number of hydrogen-bond donors (Lipinski definition) is 1. The van der Waals surface area contributed by atoms with Gasteiger partial charge in [-0.05, 0) is 12.1 Å². The van der Waals surface area contributed by atoms with Crippen LogP contribution in [0.5, 0.6) is 0 Å². The molecule has 0 aliphatic carbocycles. The summed E-state index contributed by atoms with van der Waals surface area (Å²) in [6, 6.07) is 7.95. The largest absolute Gasteiger partial charge is 0.263 e. The Morgan fingerprint density at radius 3 is 2.93 bits per heavy atom. The van der Waals surface area contributed by atoms with Crippen molar-refractivity contribution in [2.24, 2.45) is 0 Å². The van der Waals surface area contributed by atoms with E-state index in [1.807, 2.05) is 31.2 Å². The fraction of sp³-hybridized carbons (Fsp3) is 0.200. The van der Waals surface area contributed by atoms with Gasteiger partial charge in [0.05, 0.1) is 0 Å². The summed E-state index contributed by atoms with van der Waals surface area (Å²) in [7, 11) is 0. The molecule has 0 bridgehead atoms. The molecule has 0 saturated carbocycles. The summed E-state index contributed by atoms with van der Waals surface area (Å²) in [4.78, 5) is 4.35. The van der Waals surface area contributed by atoms with Crippen molar-refractivity contribution in [2.75, 3.05) is 0 Å². The molecule has 0 atom stereocenters. The molecule has 1 heterocycles. The lowest BCUT2D eigenvalue weighted by molar-refractivity contribution is 0.946. The third-order valence-corrected chi connectivity index (χ3v) is 2.44. The number of hydrogen-bond acceptors (Lipinski definition) is 2. The van der Waals surface area contributed by atoms with Gasteiger partial charge in [0.15, 0.2) is 5.82 Å². The highest BCUT2D eigenvalue weighted by Crippen LogP contribution is 2.19. The lowest BCUT2D eigenvalue weighted by atomic mass is 10.2. The molecular weight excluding hydrogens is 242 g/mol. The van der Waals surface area contributed by atoms with Crippen LogP contribution in [0.3, 0.4) is 0 Å². The number of aromatic nitrogens is 3. The minimum atomic E-state index is 0.753. The Kier molecular flexibility index (Phi) is 2.63. The second-order valence-corrected chi connectivity index (χ2v) is 3.89. The van der Waals surface area contributed by atoms with Gasteiger partial charge in [-0.3, -0.25) is 5.10 Å². The predicted molar refractivity (Wildman–Crippen MR) is 58.9 cm³/mol. The molecule has 1 N–H and O–H groups in total. The molecule has 0 radical (unpaired) electrons. The van der Waals surface area contributed by atoms with Crippen LogP contribution in [0.2, 0.25) is 0 Å². The van der Waals surface area contributed by atoms with E-state index in [0.717, 1.165) is 28.1 Å². The van der Waals surface area contributed by atoms with E-state index in [0.29, 0.717) is 0 Å². The zero-order valence-corrected chi connectivity index (χ0v) is 9.37. The van der Waals surface area contributed by atoms with E-state index < -0.39 is 0 Å². The lowest BCUT2D eigenvalue weighted by Gasteiger charge is -1.94. The van der Waals surface area contributed by atoms with Crippen LogP contribution in [-0.2, 0) is 6.42 Å². The number of H-pyrrole nitrogens is 1. The fourth-order valence-electron chi connectivity index (χ4n) is 1.21. The zero-order valence-electron chi connectivity index (χ0n) is 7.79. The third kappa shape index (κ3) is 1.85. The van der Waals surface area contributed by atoms with Crippen LogP contribution >= 0.6 is 15.9 Å². The van der Waals surface area contributed by atoms with Crippen LogP contribution in [0.25, 0.3) is 11.4 Å². The molecule has 14 heavy (non-hydrogen) atoms. The standard InChI is InChI=1S/C10H10BrN3/c1-2-9-12-10(14-13-9)7-4-3-5-8(11)6-7/h3-6H,2H2,1H3,(H,12,13,14). The van der Waals surface area contributed by atoms with Gasteiger partial charge in [-0.25, -0.2) is 4.98 Å². The van der Waals surface area contributed by atoms with Crippen molar-refractivity contribution in [3.05, 3.63) is 34.6 Å². The molecule has 2 aromatic rings. The second-order valence-electron chi connectivity index (χ2n) is 2.97. The number of aromatic amines is 1. The van der Waals surface area contributed by atoms with Crippen LogP contribution in [-0.4, -0.2) is 15.2 Å². The van der Waals surface area contributed by atoms with Crippen LogP contribution in [0.4, 0.5) is 0 Å². The zero-order chi connectivity index (χ0) is 9.97. The van der Waals surface area contributed by atoms with Gasteiger partial charge in [0.2, 0.25) is 0 Å². The molecule has 3 nitrogen and oxygen atoms in total. The highest BCUT2D eigenvalue weighted by Gasteiger charge is 2.04. The van der Waals surface area contributed by atoms with Gasteiger partial charge in [-0.2, -0.15) is 5.10 Å². The van der Waals surface area contributed by atoms with E-state index in [1.165, 1.54) is 0 Å². The minimum Gasteiger partial charge on any atom is -0.263 e. The van der Waals surface area contributed by atoms with Gasteiger partial charge in [-0.15, -0.1) is 0 Å². The Morgan fingerprint density at radius 1 is 1.43 bits per heavy atom. The SMILES string of the molecule is CCc1nc(-c2cccc(Br)c2)n[nH]1. The van der Waals surface area contributed by atoms with E-state index >= 15 is 0 Å². The first-order chi connectivity index (χ1) is 6.79. The Bertz CT molecular complexity index is 436. The number of halogens is 1. The highest BCUT2D eigenvalue weighted by atomic mass is 79.9. The first kappa shape index (κ1) is 9.40. The Hall–Kier alpha value is -1.16. The number of rotatable bonds is 2. The van der Waals surface area contributed by atoms with E-state index in [9.17, 15) is 0 Å². The maximum Gasteiger partial charge on any atom is 0.181 e. The number of nitrogens with one attached hydrogen (secondary N) is 1. The molecule has 0 unspecified atom stereocenters. The summed E-state index contributed by atoms with van der Waals surface area (Å²) in [5, 5.41) is 7.04. The van der Waals surface area contributed by atoms with Gasteiger partial charge in [0, 0.05) is 16.5 Å². The molecule has 1 aromatic heterocycles. The molecule has 0 aliphatic rings. The maximum absolute atomic E-state index is 4.35. The number of aryl methyl sites for hydroxylation is 1. The number of benzene rings is 1. The molecule has 4 heteroatoms. The summed E-state index contributed by atoms with van der Waals surface area (Å²) in [6.45, 7) is 2.05. The highest BCUT2D eigenvalue weighted by molar-refractivity contribution is 9.10. The summed E-state index contributed by atoms with van der Waals surface area (Å²) in [5.41, 5.74) is 1.02. The van der Waals surface area contributed by atoms with Crippen LogP contribution in [0, 0.1) is 0 Å². The van der Waals surface area contributed by atoms with E-state index in [1.54, 1.807) is 0 Å². The molecular formula is C10H10BrN3. The quantitative estimate of drug-likeness (QED) is 0.892. The molecule has 0 fully saturated rings. The summed E-state index contributed by atoms with van der Waals surface area (Å²) in [5.74, 6) is 1.67. The van der Waals surface area contributed by atoms with Crippen molar-refractivity contribution < 1.29 is 0 Å². The van der Waals surface area contributed by atoms with Crippen LogP contribution in [0.1, 0.15) is 12.7 Å². The molecule has 2 rings (SSSR count). The van der Waals surface area contributed by atoms with Crippen molar-refractivity contribution in [3.63, 3.8) is 0 Å². The lowest BCUT2D eigenvalue weighted by Crippen LogP contribution is -1.82. The number of nitrogens with zero attached hydrogens (tertiary/aromatic N) is 2. The van der Waals surface area contributed by atoms with Crippen LogP contribution in [0.15, 0.2) is 28.7 Å². The molecule has 0 amide bonds. The second kappa shape index (κ2) is 3.92. The van der Waals surface area contributed by atoms with Gasteiger partial charge in [0.1, 0.15) is 5.82 Å². The molecule has 0 spiro atoms. The van der Waals surface area contributed by atoms with Gasteiger partial charge in [0.25, 0.3) is 0 Å². The first-order valence-corrected chi connectivity index (χ1v) is 5.26. The van der Waals surface area contributed by atoms with Gasteiger partial charge in [-0.1, -0.05) is 35.0 Å². The van der Waals surface area contributed by atoms with Crippen molar-refractivity contribution in [1.82, 2.24) is 15.2 Å². The summed E-state index contributed by atoms with van der Waals surface area (Å²) in [6.07, 6.45) is 0.876. The van der Waals surface area contributed by atoms with Crippen molar-refractivity contribution >= 4 is 15.9 Å². The Balaban J connectivity index is 2.39. The molecule has 1 aromatic carbocycles. The third-order valence-electron chi connectivity index (χ3n) is 1.95. The molecule has 0 saturated heterocycles. The topological polar surface area (TPSA) is 41.6 Å².